The molecule has 5 rings (SSSR count). The molecule has 0 amide bonds. The number of fused-ring (bicyclic) bond motifs is 1. The molecule has 0 aliphatic carbocycles. The number of nitrogens with one attached hydrogen (secondary N) is 1. The zero-order valence-corrected chi connectivity index (χ0v) is 23.1. The van der Waals surface area contributed by atoms with E-state index in [4.69, 9.17) is 11.6 Å². The van der Waals surface area contributed by atoms with Crippen molar-refractivity contribution in [3.8, 4) is 11.1 Å². The number of aromatic nitrogens is 2. The number of halogens is 4. The Kier molecular flexibility index (Phi) is 7.78. The second-order valence-electron chi connectivity index (χ2n) is 10.4. The van der Waals surface area contributed by atoms with Crippen LogP contribution in [0.5, 0.6) is 0 Å². The maximum Gasteiger partial charge on any atom is 0.410 e. The van der Waals surface area contributed by atoms with E-state index in [0.29, 0.717) is 17.9 Å². The second-order valence-corrected chi connectivity index (χ2v) is 10.9. The molecule has 0 saturated carbocycles. The fourth-order valence-corrected chi connectivity index (χ4v) is 5.88. The molecule has 4 aromatic rings. The molecule has 2 atom stereocenters. The predicted octanol–water partition coefficient (Wildman–Crippen LogP) is 9.19. The van der Waals surface area contributed by atoms with E-state index in [1.54, 1.807) is 24.3 Å². The largest absolute Gasteiger partial charge is 0.410 e. The molecule has 0 bridgehead atoms. The van der Waals surface area contributed by atoms with Crippen molar-refractivity contribution in [2.24, 2.45) is 0 Å². The van der Waals surface area contributed by atoms with Crippen LogP contribution in [-0.4, -0.2) is 21.7 Å². The quantitative estimate of drug-likeness (QED) is 0.217. The number of benzene rings is 3. The van der Waals surface area contributed by atoms with Gasteiger partial charge < -0.3 is 5.32 Å². The molecule has 4 nitrogen and oxygen atoms in total. The third-order valence-corrected chi connectivity index (χ3v) is 8.50. The fourth-order valence-electron chi connectivity index (χ4n) is 5.75. The number of rotatable bonds is 8. The van der Waals surface area contributed by atoms with Crippen LogP contribution in [0.4, 0.5) is 19.0 Å². The van der Waals surface area contributed by atoms with Gasteiger partial charge in [0.15, 0.2) is 11.8 Å². The van der Waals surface area contributed by atoms with Gasteiger partial charge in [0.1, 0.15) is 5.82 Å². The van der Waals surface area contributed by atoms with Crippen LogP contribution >= 0.6 is 11.6 Å². The molecule has 0 radical (unpaired) electrons. The molecule has 8 heteroatoms. The summed E-state index contributed by atoms with van der Waals surface area (Å²) in [6.45, 7) is 4.09. The van der Waals surface area contributed by atoms with Crippen LogP contribution in [0, 0.1) is 0 Å². The number of ketones is 1. The number of nitrogens with zero attached hydrogens (tertiary/aromatic N) is 2. The fraction of sp³-hybridized carbons (Fsp3) is 0.312. The first-order valence-corrected chi connectivity index (χ1v) is 13.9. The topological polar surface area (TPSA) is 46.9 Å². The number of carbonyl (C=O) groups excluding carboxylic acids is 1. The van der Waals surface area contributed by atoms with Gasteiger partial charge in [0.05, 0.1) is 17.8 Å². The molecule has 3 aromatic carbocycles. The summed E-state index contributed by atoms with van der Waals surface area (Å²) >= 11 is 6.07. The number of Topliss-reactive ketones (excluding diaryl/α,β-unsaturated/α-hetero) is 1. The minimum absolute atomic E-state index is 0.128. The molecule has 1 aromatic heterocycles. The molecular formula is C32H31ClF3N3O. The first-order valence-electron chi connectivity index (χ1n) is 13.5. The lowest BCUT2D eigenvalue weighted by Crippen LogP contribution is -2.36. The summed E-state index contributed by atoms with van der Waals surface area (Å²) in [7, 11) is 0. The van der Waals surface area contributed by atoms with Crippen molar-refractivity contribution in [2.45, 2.75) is 63.2 Å². The number of anilines is 1. The van der Waals surface area contributed by atoms with Gasteiger partial charge in [-0.1, -0.05) is 92.2 Å². The van der Waals surface area contributed by atoms with Crippen molar-refractivity contribution in [3.63, 3.8) is 0 Å². The molecule has 0 spiro atoms. The summed E-state index contributed by atoms with van der Waals surface area (Å²) in [4.78, 5) is 13.9. The van der Waals surface area contributed by atoms with Gasteiger partial charge in [-0.05, 0) is 47.2 Å². The summed E-state index contributed by atoms with van der Waals surface area (Å²) in [6, 6.07) is 22.3. The average Bonchev–Trinajstić information content (AvgIpc) is 3.40. The number of hydrogen-bond donors (Lipinski definition) is 1. The van der Waals surface area contributed by atoms with Crippen molar-refractivity contribution in [1.29, 1.82) is 0 Å². The van der Waals surface area contributed by atoms with Gasteiger partial charge in [0.2, 0.25) is 0 Å². The minimum atomic E-state index is -4.51. The van der Waals surface area contributed by atoms with Gasteiger partial charge in [0, 0.05) is 23.3 Å². The van der Waals surface area contributed by atoms with E-state index in [0.717, 1.165) is 26.9 Å². The Morgan fingerprint density at radius 1 is 0.975 bits per heavy atom. The van der Waals surface area contributed by atoms with Crippen molar-refractivity contribution in [1.82, 2.24) is 9.78 Å². The molecule has 40 heavy (non-hydrogen) atoms. The standard InChI is InChI=1S/C32H31ClF3N3O/c1-3-31(4-2,24-12-8-11-23(17-24)21-13-15-25(33)16-14-21)19-28(40)26-20-37-39-29(32(34,35)36)18-27(38-30(26)39)22-9-6-5-7-10-22/h5-17,20,27,29,38H,3-4,18-19H2,1-2H3. The van der Waals surface area contributed by atoms with Gasteiger partial charge in [-0.15, -0.1) is 0 Å². The Labute approximate surface area is 237 Å². The number of carbonyl (C=O) groups is 1. The van der Waals surface area contributed by atoms with Gasteiger partial charge in [-0.2, -0.15) is 18.3 Å². The highest BCUT2D eigenvalue weighted by Gasteiger charge is 2.47. The summed E-state index contributed by atoms with van der Waals surface area (Å²) in [5.74, 6) is -0.104. The maximum absolute atomic E-state index is 14.1. The highest BCUT2D eigenvalue weighted by molar-refractivity contribution is 6.30. The summed E-state index contributed by atoms with van der Waals surface area (Å²) in [6.07, 6.45) is -1.90. The average molecular weight is 566 g/mol. The Bertz CT molecular complexity index is 1480. The van der Waals surface area contributed by atoms with E-state index >= 15 is 0 Å². The van der Waals surface area contributed by atoms with Crippen LogP contribution in [-0.2, 0) is 5.41 Å². The van der Waals surface area contributed by atoms with Crippen LogP contribution in [0.1, 0.15) is 73.1 Å². The molecule has 1 N–H and O–H groups in total. The first-order chi connectivity index (χ1) is 19.1. The SMILES string of the molecule is CCC(CC)(CC(=O)c1cnn2c1NC(c1ccccc1)CC2C(F)(F)F)c1cccc(-c2ccc(Cl)cc2)c1. The highest BCUT2D eigenvalue weighted by atomic mass is 35.5. The molecule has 1 aliphatic heterocycles. The first kappa shape index (κ1) is 28.0. The van der Waals surface area contributed by atoms with E-state index in [9.17, 15) is 18.0 Å². The number of alkyl halides is 3. The van der Waals surface area contributed by atoms with Crippen LogP contribution in [0.2, 0.25) is 5.02 Å². The zero-order chi connectivity index (χ0) is 28.5. The van der Waals surface area contributed by atoms with Gasteiger partial charge in [-0.3, -0.25) is 4.79 Å². The number of hydrogen-bond acceptors (Lipinski definition) is 3. The lowest BCUT2D eigenvalue weighted by molar-refractivity contribution is -0.173. The summed E-state index contributed by atoms with van der Waals surface area (Å²) < 4.78 is 43.4. The summed E-state index contributed by atoms with van der Waals surface area (Å²) in [5.41, 5.74) is 3.47. The minimum Gasteiger partial charge on any atom is -0.363 e. The van der Waals surface area contributed by atoms with E-state index in [2.05, 4.69) is 16.5 Å². The molecular weight excluding hydrogens is 535 g/mol. The molecule has 0 fully saturated rings. The molecule has 0 saturated heterocycles. The van der Waals surface area contributed by atoms with Gasteiger partial charge in [-0.25, -0.2) is 4.68 Å². The molecule has 2 heterocycles. The lowest BCUT2D eigenvalue weighted by Gasteiger charge is -2.35. The highest BCUT2D eigenvalue weighted by Crippen LogP contribution is 2.45. The third kappa shape index (κ3) is 5.39. The van der Waals surface area contributed by atoms with E-state index in [1.165, 1.54) is 6.20 Å². The zero-order valence-electron chi connectivity index (χ0n) is 22.4. The normalized spacial score (nSPS) is 17.2. The van der Waals surface area contributed by atoms with Crippen molar-refractivity contribution >= 4 is 23.2 Å². The maximum atomic E-state index is 14.1. The monoisotopic (exact) mass is 565 g/mol. The van der Waals surface area contributed by atoms with Crippen molar-refractivity contribution in [3.05, 3.63) is 107 Å². The van der Waals surface area contributed by atoms with Gasteiger partial charge in [0.25, 0.3) is 0 Å². The van der Waals surface area contributed by atoms with Crippen molar-refractivity contribution in [2.75, 3.05) is 5.32 Å². The van der Waals surface area contributed by atoms with E-state index in [-0.39, 0.29) is 30.0 Å². The Morgan fingerprint density at radius 2 is 1.68 bits per heavy atom. The Balaban J connectivity index is 1.49. The van der Waals surface area contributed by atoms with E-state index < -0.39 is 23.7 Å². The lowest BCUT2D eigenvalue weighted by atomic mass is 9.71. The molecule has 208 valence electrons. The van der Waals surface area contributed by atoms with Crippen LogP contribution < -0.4 is 5.32 Å². The summed E-state index contributed by atoms with van der Waals surface area (Å²) in [5, 5.41) is 7.94. The Hall–Kier alpha value is -3.58. The van der Waals surface area contributed by atoms with Crippen molar-refractivity contribution < 1.29 is 18.0 Å². The predicted molar refractivity (Wildman–Crippen MR) is 153 cm³/mol. The molecule has 1 aliphatic rings. The van der Waals surface area contributed by atoms with E-state index in [1.807, 2.05) is 62.4 Å². The van der Waals surface area contributed by atoms with Crippen LogP contribution in [0.3, 0.4) is 0 Å². The smallest absolute Gasteiger partial charge is 0.363 e. The second kappa shape index (κ2) is 11.1. The van der Waals surface area contributed by atoms with Crippen LogP contribution in [0.25, 0.3) is 11.1 Å². The van der Waals surface area contributed by atoms with Crippen LogP contribution in [0.15, 0.2) is 85.1 Å². The Morgan fingerprint density at radius 3 is 2.33 bits per heavy atom. The van der Waals surface area contributed by atoms with Gasteiger partial charge >= 0.3 is 6.18 Å². The third-order valence-electron chi connectivity index (χ3n) is 8.25. The molecule has 2 unspecified atom stereocenters.